The second-order valence-corrected chi connectivity index (χ2v) is 7.55. The number of esters is 1. The largest absolute Gasteiger partial charge is 0.465 e. The lowest BCUT2D eigenvalue weighted by molar-refractivity contribution is 0.0526. The number of benzene rings is 1. The summed E-state index contributed by atoms with van der Waals surface area (Å²) < 4.78 is 9.99. The molecule has 2 heterocycles. The maximum absolute atomic E-state index is 11.8. The lowest BCUT2D eigenvalue weighted by Gasteiger charge is -2.19. The Balaban J connectivity index is 1.69. The standard InChI is InChI=1S/C20H25N5O4/c1-20(2,3)29-19(27)22-9-5-8-21-17-16-14(11-23-25-16)13-7-6-12(18(26)28-4)10-15(13)24-17/h6-7,10-11H,5,8-9H2,1-4H3,(H,21,24)(H,22,27)(H,23,25). The number of methoxy groups -OCH3 is 1. The Morgan fingerprint density at radius 3 is 2.69 bits per heavy atom. The van der Waals surface area contributed by atoms with Gasteiger partial charge in [0.25, 0.3) is 0 Å². The number of aromatic amines is 1. The number of H-pyrrole nitrogens is 1. The van der Waals surface area contributed by atoms with Gasteiger partial charge >= 0.3 is 12.1 Å². The highest BCUT2D eigenvalue weighted by atomic mass is 16.6. The number of pyridine rings is 1. The summed E-state index contributed by atoms with van der Waals surface area (Å²) in [6.45, 7) is 6.51. The number of rotatable bonds is 6. The molecule has 0 aliphatic heterocycles. The van der Waals surface area contributed by atoms with E-state index in [1.807, 2.05) is 26.8 Å². The smallest absolute Gasteiger partial charge is 0.407 e. The SMILES string of the molecule is COC(=O)c1ccc2c(c1)nc(NCCCNC(=O)OC(C)(C)C)c1[nH]ncc12. The van der Waals surface area contributed by atoms with Crippen molar-refractivity contribution in [3.63, 3.8) is 0 Å². The van der Waals surface area contributed by atoms with E-state index >= 15 is 0 Å². The Bertz CT molecular complexity index is 1040. The van der Waals surface area contributed by atoms with Crippen molar-refractivity contribution >= 4 is 39.7 Å². The van der Waals surface area contributed by atoms with Gasteiger partial charge in [0.1, 0.15) is 11.1 Å². The quantitative estimate of drug-likeness (QED) is 0.430. The molecule has 29 heavy (non-hydrogen) atoms. The van der Waals surface area contributed by atoms with Gasteiger partial charge in [0.05, 0.1) is 24.4 Å². The number of carbonyl (C=O) groups excluding carboxylic acids is 2. The summed E-state index contributed by atoms with van der Waals surface area (Å²) in [5.74, 6) is 0.216. The van der Waals surface area contributed by atoms with Crippen molar-refractivity contribution < 1.29 is 19.1 Å². The number of amides is 1. The summed E-state index contributed by atoms with van der Waals surface area (Å²) in [5, 5.41) is 14.8. The zero-order valence-corrected chi connectivity index (χ0v) is 17.0. The molecule has 0 aliphatic rings. The predicted octanol–water partition coefficient (Wildman–Crippen LogP) is 3.22. The zero-order valence-electron chi connectivity index (χ0n) is 17.0. The van der Waals surface area contributed by atoms with E-state index in [1.54, 1.807) is 18.3 Å². The van der Waals surface area contributed by atoms with Gasteiger partial charge in [0.2, 0.25) is 0 Å². The molecule has 0 radical (unpaired) electrons. The third-order valence-electron chi connectivity index (χ3n) is 4.13. The maximum Gasteiger partial charge on any atom is 0.407 e. The molecule has 9 heteroatoms. The fourth-order valence-electron chi connectivity index (χ4n) is 2.87. The Kier molecular flexibility index (Phi) is 5.86. The van der Waals surface area contributed by atoms with E-state index in [1.165, 1.54) is 7.11 Å². The third kappa shape index (κ3) is 4.92. The summed E-state index contributed by atoms with van der Waals surface area (Å²) in [7, 11) is 1.34. The molecule has 1 amide bonds. The Hall–Kier alpha value is -3.36. The van der Waals surface area contributed by atoms with Gasteiger partial charge in [-0.15, -0.1) is 0 Å². The highest BCUT2D eigenvalue weighted by molar-refractivity contribution is 6.09. The minimum absolute atomic E-state index is 0.413. The first-order valence-electron chi connectivity index (χ1n) is 9.34. The van der Waals surface area contributed by atoms with Crippen LogP contribution in [0.1, 0.15) is 37.6 Å². The molecule has 3 aromatic rings. The summed E-state index contributed by atoms with van der Waals surface area (Å²) in [4.78, 5) is 28.1. The van der Waals surface area contributed by atoms with Gasteiger partial charge in [-0.05, 0) is 39.3 Å². The minimum atomic E-state index is -0.521. The van der Waals surface area contributed by atoms with Gasteiger partial charge in [0, 0.05) is 23.9 Å². The molecule has 9 nitrogen and oxygen atoms in total. The molecule has 0 atom stereocenters. The van der Waals surface area contributed by atoms with E-state index < -0.39 is 17.7 Å². The Morgan fingerprint density at radius 2 is 1.97 bits per heavy atom. The van der Waals surface area contributed by atoms with Crippen molar-refractivity contribution in [1.82, 2.24) is 20.5 Å². The average Bonchev–Trinajstić information content (AvgIpc) is 3.15. The molecular formula is C20H25N5O4. The second kappa shape index (κ2) is 8.34. The van der Waals surface area contributed by atoms with Crippen LogP contribution < -0.4 is 10.6 Å². The lowest BCUT2D eigenvalue weighted by Crippen LogP contribution is -2.33. The number of anilines is 1. The van der Waals surface area contributed by atoms with Gasteiger partial charge in [-0.25, -0.2) is 14.6 Å². The average molecular weight is 399 g/mol. The van der Waals surface area contributed by atoms with Crippen LogP contribution in [0.15, 0.2) is 24.4 Å². The topological polar surface area (TPSA) is 118 Å². The first-order chi connectivity index (χ1) is 13.8. The van der Waals surface area contributed by atoms with Crippen LogP contribution in [0.3, 0.4) is 0 Å². The molecular weight excluding hydrogens is 374 g/mol. The molecule has 154 valence electrons. The number of alkyl carbamates (subject to hydrolysis) is 1. The molecule has 2 aromatic heterocycles. The van der Waals surface area contributed by atoms with Crippen molar-refractivity contribution in [2.75, 3.05) is 25.5 Å². The molecule has 0 saturated carbocycles. The number of nitrogens with zero attached hydrogens (tertiary/aromatic N) is 2. The fraction of sp³-hybridized carbons (Fsp3) is 0.400. The summed E-state index contributed by atoms with van der Waals surface area (Å²) in [5.41, 5.74) is 1.36. The molecule has 0 unspecified atom stereocenters. The molecule has 0 aliphatic carbocycles. The number of ether oxygens (including phenoxy) is 2. The first kappa shape index (κ1) is 20.4. The molecule has 3 N–H and O–H groups in total. The van der Waals surface area contributed by atoms with Crippen molar-refractivity contribution in [1.29, 1.82) is 0 Å². The van der Waals surface area contributed by atoms with Crippen LogP contribution in [0, 0.1) is 0 Å². The van der Waals surface area contributed by atoms with Crippen LogP contribution in [0.5, 0.6) is 0 Å². The molecule has 1 aromatic carbocycles. The summed E-state index contributed by atoms with van der Waals surface area (Å²) in [6.07, 6.45) is 1.97. The monoisotopic (exact) mass is 399 g/mol. The van der Waals surface area contributed by atoms with E-state index in [0.29, 0.717) is 36.4 Å². The van der Waals surface area contributed by atoms with E-state index in [4.69, 9.17) is 9.47 Å². The predicted molar refractivity (Wildman–Crippen MR) is 110 cm³/mol. The molecule has 0 saturated heterocycles. The molecule has 0 bridgehead atoms. The van der Waals surface area contributed by atoms with E-state index in [2.05, 4.69) is 25.8 Å². The van der Waals surface area contributed by atoms with E-state index in [9.17, 15) is 9.59 Å². The number of fused-ring (bicyclic) bond motifs is 3. The highest BCUT2D eigenvalue weighted by Gasteiger charge is 2.16. The normalized spacial score (nSPS) is 11.4. The fourth-order valence-corrected chi connectivity index (χ4v) is 2.87. The van der Waals surface area contributed by atoms with Crippen LogP contribution in [0.2, 0.25) is 0 Å². The van der Waals surface area contributed by atoms with Crippen LogP contribution in [-0.2, 0) is 9.47 Å². The van der Waals surface area contributed by atoms with Crippen molar-refractivity contribution in [2.45, 2.75) is 32.8 Å². The number of nitrogens with one attached hydrogen (secondary N) is 3. The van der Waals surface area contributed by atoms with E-state index in [-0.39, 0.29) is 0 Å². The van der Waals surface area contributed by atoms with Gasteiger partial charge in [-0.3, -0.25) is 5.10 Å². The number of hydrogen-bond acceptors (Lipinski definition) is 7. The van der Waals surface area contributed by atoms with E-state index in [0.717, 1.165) is 16.3 Å². The summed E-state index contributed by atoms with van der Waals surface area (Å²) >= 11 is 0. The maximum atomic E-state index is 11.8. The summed E-state index contributed by atoms with van der Waals surface area (Å²) in [6, 6.07) is 5.24. The Morgan fingerprint density at radius 1 is 1.17 bits per heavy atom. The van der Waals surface area contributed by atoms with Gasteiger partial charge < -0.3 is 20.1 Å². The number of hydrogen-bond donors (Lipinski definition) is 3. The minimum Gasteiger partial charge on any atom is -0.465 e. The second-order valence-electron chi connectivity index (χ2n) is 7.55. The van der Waals surface area contributed by atoms with Crippen molar-refractivity contribution in [2.24, 2.45) is 0 Å². The van der Waals surface area contributed by atoms with Crippen molar-refractivity contribution in [3.8, 4) is 0 Å². The van der Waals surface area contributed by atoms with Gasteiger partial charge in [-0.2, -0.15) is 5.10 Å². The Labute approximate surface area is 168 Å². The molecule has 0 fully saturated rings. The highest BCUT2D eigenvalue weighted by Crippen LogP contribution is 2.28. The van der Waals surface area contributed by atoms with Crippen LogP contribution in [-0.4, -0.2) is 53.0 Å². The number of carbonyl (C=O) groups is 2. The lowest BCUT2D eigenvalue weighted by atomic mass is 10.1. The zero-order chi connectivity index (χ0) is 21.0. The molecule has 0 spiro atoms. The van der Waals surface area contributed by atoms with Gasteiger partial charge in [0.15, 0.2) is 5.82 Å². The van der Waals surface area contributed by atoms with Crippen LogP contribution >= 0.6 is 0 Å². The number of aromatic nitrogens is 3. The van der Waals surface area contributed by atoms with Crippen molar-refractivity contribution in [3.05, 3.63) is 30.0 Å². The third-order valence-corrected chi connectivity index (χ3v) is 4.13. The van der Waals surface area contributed by atoms with Gasteiger partial charge in [-0.1, -0.05) is 6.07 Å². The van der Waals surface area contributed by atoms with Crippen LogP contribution in [0.25, 0.3) is 21.8 Å². The molecule has 3 rings (SSSR count). The first-order valence-corrected chi connectivity index (χ1v) is 9.34. The van der Waals surface area contributed by atoms with Crippen LogP contribution in [0.4, 0.5) is 10.6 Å².